The second kappa shape index (κ2) is 9.29. The number of carbonyl (C=O) groups excluding carboxylic acids is 3. The van der Waals surface area contributed by atoms with E-state index in [1.54, 1.807) is 81.4 Å². The lowest BCUT2D eigenvalue weighted by atomic mass is 9.61. The van der Waals surface area contributed by atoms with Crippen LogP contribution in [0.3, 0.4) is 0 Å². The number of amides is 1. The average molecular weight is 549 g/mol. The van der Waals surface area contributed by atoms with E-state index in [2.05, 4.69) is 5.32 Å². The highest BCUT2D eigenvalue weighted by molar-refractivity contribution is 6.32. The maximum Gasteiger partial charge on any atom is 0.340 e. The highest BCUT2D eigenvalue weighted by Crippen LogP contribution is 2.54. The van der Waals surface area contributed by atoms with Gasteiger partial charge in [-0.3, -0.25) is 9.59 Å². The van der Waals surface area contributed by atoms with Crippen LogP contribution in [0.1, 0.15) is 60.2 Å². The summed E-state index contributed by atoms with van der Waals surface area (Å²) in [6, 6.07) is 17.3. The molecule has 1 aliphatic carbocycles. The second-order valence-electron chi connectivity index (χ2n) is 10.6. The first kappa shape index (κ1) is 26.0. The van der Waals surface area contributed by atoms with E-state index in [1.807, 2.05) is 6.07 Å². The Labute approximate surface area is 230 Å². The summed E-state index contributed by atoms with van der Waals surface area (Å²) >= 11 is 12.5. The Morgan fingerprint density at radius 3 is 2.45 bits per heavy atom. The normalized spacial score (nSPS) is 20.7. The highest BCUT2D eigenvalue weighted by atomic mass is 35.5. The van der Waals surface area contributed by atoms with Gasteiger partial charge in [0.25, 0.3) is 0 Å². The van der Waals surface area contributed by atoms with Crippen LogP contribution in [-0.4, -0.2) is 23.3 Å². The Morgan fingerprint density at radius 1 is 1.03 bits per heavy atom. The summed E-state index contributed by atoms with van der Waals surface area (Å²) in [5.74, 6) is -1.61. The van der Waals surface area contributed by atoms with Crippen molar-refractivity contribution in [2.24, 2.45) is 0 Å². The van der Waals surface area contributed by atoms with Crippen molar-refractivity contribution in [3.63, 3.8) is 0 Å². The van der Waals surface area contributed by atoms with Gasteiger partial charge in [0.2, 0.25) is 5.91 Å². The minimum atomic E-state index is -1.23. The molecule has 0 radical (unpaired) electrons. The minimum Gasteiger partial charge on any atom is -0.456 e. The van der Waals surface area contributed by atoms with Gasteiger partial charge < -0.3 is 15.8 Å². The minimum absolute atomic E-state index is 0.0256. The van der Waals surface area contributed by atoms with Crippen LogP contribution >= 0.6 is 23.2 Å². The van der Waals surface area contributed by atoms with Crippen LogP contribution in [0, 0.1) is 0 Å². The first-order valence-corrected chi connectivity index (χ1v) is 12.9. The van der Waals surface area contributed by atoms with E-state index in [0.29, 0.717) is 26.9 Å². The Balaban J connectivity index is 1.73. The molecule has 38 heavy (non-hydrogen) atoms. The maximum atomic E-state index is 13.8. The van der Waals surface area contributed by atoms with E-state index in [0.717, 1.165) is 5.56 Å². The number of nitrogen functional groups attached to an aromatic ring is 1. The Bertz CT molecular complexity index is 1540. The zero-order valence-electron chi connectivity index (χ0n) is 21.1. The third kappa shape index (κ3) is 4.38. The van der Waals surface area contributed by atoms with Gasteiger partial charge in [0.15, 0.2) is 5.78 Å². The second-order valence-corrected chi connectivity index (χ2v) is 11.4. The number of fused-ring (bicyclic) bond motifs is 2. The third-order valence-electron chi connectivity index (χ3n) is 6.93. The van der Waals surface area contributed by atoms with Gasteiger partial charge in [-0.2, -0.15) is 0 Å². The van der Waals surface area contributed by atoms with Gasteiger partial charge in [-0.05, 0) is 62.2 Å². The van der Waals surface area contributed by atoms with Crippen LogP contribution in [0.15, 0.2) is 66.7 Å². The lowest BCUT2D eigenvalue weighted by Crippen LogP contribution is -2.43. The van der Waals surface area contributed by atoms with Crippen LogP contribution in [-0.2, 0) is 19.7 Å². The topological polar surface area (TPSA) is 98.5 Å². The van der Waals surface area contributed by atoms with E-state index >= 15 is 0 Å². The number of Topliss-reactive ketones (excluding diaryl/α,β-unsaturated/α-hetero) is 1. The molecule has 3 N–H and O–H groups in total. The predicted octanol–water partition coefficient (Wildman–Crippen LogP) is 6.56. The summed E-state index contributed by atoms with van der Waals surface area (Å²) in [6.45, 7) is 5.29. The quantitative estimate of drug-likeness (QED) is 0.285. The molecular formula is C30H26Cl2N2O4. The molecule has 1 heterocycles. The molecule has 0 saturated heterocycles. The van der Waals surface area contributed by atoms with Crippen molar-refractivity contribution >= 4 is 57.8 Å². The molecule has 6 nitrogen and oxygen atoms in total. The van der Waals surface area contributed by atoms with E-state index in [4.69, 9.17) is 33.7 Å². The number of hydrogen-bond donors (Lipinski definition) is 2. The molecule has 0 unspecified atom stereocenters. The predicted molar refractivity (Wildman–Crippen MR) is 150 cm³/mol. The number of ether oxygens (including phenoxy) is 1. The standard InChI is InChI=1S/C30H26Cl2N2O4/c1-29(2,3)38-27(36)20-9-5-8-19(26(20)33)21-15-30(22-11-10-18(32)13-24(22)34-28(30)37)23(14-25(21)35)16-6-4-7-17(31)12-16/h4-13,15,23H,14,33H2,1-3H3,(H,34,37)/t23-,30-/m0/s1. The Kier molecular flexibility index (Phi) is 6.36. The smallest absolute Gasteiger partial charge is 0.340 e. The van der Waals surface area contributed by atoms with Gasteiger partial charge in [0, 0.05) is 39.2 Å². The summed E-state index contributed by atoms with van der Waals surface area (Å²) in [4.78, 5) is 40.4. The van der Waals surface area contributed by atoms with Gasteiger partial charge in [-0.1, -0.05) is 59.6 Å². The monoisotopic (exact) mass is 548 g/mol. The molecule has 3 aromatic carbocycles. The Morgan fingerprint density at radius 2 is 1.74 bits per heavy atom. The number of allylic oxidation sites excluding steroid dienone is 1. The van der Waals surface area contributed by atoms with Crippen molar-refractivity contribution in [2.45, 2.75) is 44.1 Å². The molecule has 1 amide bonds. The van der Waals surface area contributed by atoms with Gasteiger partial charge in [-0.25, -0.2) is 4.79 Å². The SMILES string of the molecule is CC(C)(C)OC(=O)c1cccc(C2=C[C@@]3(C(=O)Nc4cc(Cl)ccc43)[C@H](c3cccc(Cl)c3)CC2=O)c1N. The number of halogens is 2. The summed E-state index contributed by atoms with van der Waals surface area (Å²) in [7, 11) is 0. The molecular weight excluding hydrogens is 523 g/mol. The number of ketones is 1. The van der Waals surface area contributed by atoms with Crippen LogP contribution in [0.5, 0.6) is 0 Å². The highest BCUT2D eigenvalue weighted by Gasteiger charge is 2.54. The summed E-state index contributed by atoms with van der Waals surface area (Å²) in [5, 5.41) is 3.93. The number of nitrogens with two attached hydrogens (primary N) is 1. The molecule has 5 rings (SSSR count). The van der Waals surface area contributed by atoms with Crippen molar-refractivity contribution in [1.29, 1.82) is 0 Å². The van der Waals surface area contributed by atoms with Crippen LogP contribution in [0.2, 0.25) is 10.0 Å². The lowest BCUT2D eigenvalue weighted by molar-refractivity contribution is -0.121. The molecule has 2 atom stereocenters. The molecule has 1 aliphatic heterocycles. The van der Waals surface area contributed by atoms with E-state index in [-0.39, 0.29) is 34.9 Å². The first-order chi connectivity index (χ1) is 17.9. The molecule has 3 aromatic rings. The number of hydrogen-bond acceptors (Lipinski definition) is 5. The van der Waals surface area contributed by atoms with E-state index in [1.165, 1.54) is 0 Å². The van der Waals surface area contributed by atoms with Gasteiger partial charge in [0.1, 0.15) is 11.0 Å². The van der Waals surface area contributed by atoms with Crippen molar-refractivity contribution in [3.05, 3.63) is 99.0 Å². The van der Waals surface area contributed by atoms with Crippen molar-refractivity contribution in [3.8, 4) is 0 Å². The number of rotatable bonds is 3. The molecule has 0 fully saturated rings. The number of esters is 1. The van der Waals surface area contributed by atoms with Gasteiger partial charge in [0.05, 0.1) is 11.3 Å². The largest absolute Gasteiger partial charge is 0.456 e. The number of nitrogens with one attached hydrogen (secondary N) is 1. The molecule has 0 saturated carbocycles. The lowest BCUT2D eigenvalue weighted by Gasteiger charge is -2.38. The molecule has 0 bridgehead atoms. The van der Waals surface area contributed by atoms with Crippen molar-refractivity contribution in [2.75, 3.05) is 11.1 Å². The zero-order chi connectivity index (χ0) is 27.4. The number of anilines is 2. The number of carbonyl (C=O) groups is 3. The first-order valence-electron chi connectivity index (χ1n) is 12.2. The van der Waals surface area contributed by atoms with E-state index in [9.17, 15) is 14.4 Å². The molecule has 0 aromatic heterocycles. The van der Waals surface area contributed by atoms with Crippen molar-refractivity contribution in [1.82, 2.24) is 0 Å². The molecule has 1 spiro atoms. The van der Waals surface area contributed by atoms with Crippen LogP contribution in [0.25, 0.3) is 5.57 Å². The summed E-state index contributed by atoms with van der Waals surface area (Å²) < 4.78 is 5.52. The van der Waals surface area contributed by atoms with Crippen LogP contribution in [0.4, 0.5) is 11.4 Å². The van der Waals surface area contributed by atoms with Gasteiger partial charge >= 0.3 is 5.97 Å². The average Bonchev–Trinajstić information content (AvgIpc) is 3.09. The zero-order valence-corrected chi connectivity index (χ0v) is 22.6. The summed E-state index contributed by atoms with van der Waals surface area (Å²) in [6.07, 6.45) is 1.71. The molecule has 194 valence electrons. The van der Waals surface area contributed by atoms with E-state index < -0.39 is 22.9 Å². The maximum absolute atomic E-state index is 13.8. The Hall–Kier alpha value is -3.61. The molecule has 2 aliphatic rings. The fourth-order valence-electron chi connectivity index (χ4n) is 5.33. The fraction of sp³-hybridized carbons (Fsp3) is 0.233. The third-order valence-corrected chi connectivity index (χ3v) is 7.40. The number of benzene rings is 3. The van der Waals surface area contributed by atoms with Crippen LogP contribution < -0.4 is 11.1 Å². The fourth-order valence-corrected chi connectivity index (χ4v) is 5.70. The number of para-hydroxylation sites is 1. The van der Waals surface area contributed by atoms with Crippen molar-refractivity contribution < 1.29 is 19.1 Å². The van der Waals surface area contributed by atoms with Gasteiger partial charge in [-0.15, -0.1) is 0 Å². The summed E-state index contributed by atoms with van der Waals surface area (Å²) in [5.41, 5.74) is 7.46. The molecule has 8 heteroatoms.